The van der Waals surface area contributed by atoms with Gasteiger partial charge in [0.25, 0.3) is 0 Å². The molecule has 0 spiro atoms. The zero-order valence-corrected chi connectivity index (χ0v) is 13.1. The molecule has 0 saturated carbocycles. The van der Waals surface area contributed by atoms with Crippen LogP contribution < -0.4 is 4.74 Å². The number of ether oxygens (including phenoxy) is 1. The third-order valence-electron chi connectivity index (χ3n) is 3.26. The van der Waals surface area contributed by atoms with Gasteiger partial charge in [0, 0.05) is 0 Å². The first-order valence-corrected chi connectivity index (χ1v) is 7.94. The van der Waals surface area contributed by atoms with Crippen LogP contribution >= 0.6 is 23.2 Å². The molecule has 3 nitrogen and oxygen atoms in total. The first kappa shape index (κ1) is 12.5. The topological polar surface area (TPSA) is 35.0 Å². The van der Waals surface area contributed by atoms with Crippen molar-refractivity contribution in [1.82, 2.24) is 9.19 Å². The van der Waals surface area contributed by atoms with E-state index in [2.05, 4.69) is 23.0 Å². The molecular weight excluding hydrogens is 338 g/mol. The van der Waals surface area contributed by atoms with Crippen LogP contribution in [0, 0.1) is 0 Å². The summed E-state index contributed by atoms with van der Waals surface area (Å²) < 4.78 is 11.5. The summed E-state index contributed by atoms with van der Waals surface area (Å²) in [5.41, 5.74) is 1.48. The second-order valence-electron chi connectivity index (χ2n) is 4.40. The zero-order chi connectivity index (χ0) is 12.9. The summed E-state index contributed by atoms with van der Waals surface area (Å²) >= 11 is 12.1. The summed E-state index contributed by atoms with van der Waals surface area (Å²) in [6, 6.07) is 3.57. The molecule has 0 N–H and O–H groups in total. The van der Waals surface area contributed by atoms with Crippen molar-refractivity contribution in [2.75, 3.05) is 0 Å². The average molecular weight is 348 g/mol. The summed E-state index contributed by atoms with van der Waals surface area (Å²) in [6.45, 7) is 4.17. The van der Waals surface area contributed by atoms with Crippen LogP contribution in [0.2, 0.25) is 10.0 Å². The predicted octanol–water partition coefficient (Wildman–Crippen LogP) is 3.53. The summed E-state index contributed by atoms with van der Waals surface area (Å²) in [5.74, 6) is 0.740. The number of rotatable bonds is 1. The quantitative estimate of drug-likeness (QED) is 0.740. The van der Waals surface area contributed by atoms with E-state index in [1.807, 2.05) is 6.07 Å². The molecule has 0 fully saturated rings. The Kier molecular flexibility index (Phi) is 2.94. The number of hydrogen-bond acceptors (Lipinski definition) is 3. The Morgan fingerprint density at radius 1 is 1.33 bits per heavy atom. The van der Waals surface area contributed by atoms with Gasteiger partial charge in [-0.2, -0.15) is 0 Å². The maximum absolute atomic E-state index is 6.11. The first-order chi connectivity index (χ1) is 8.55. The van der Waals surface area contributed by atoms with Crippen molar-refractivity contribution in [1.29, 1.82) is 0 Å². The van der Waals surface area contributed by atoms with Gasteiger partial charge in [-0.05, 0) is 0 Å². The van der Waals surface area contributed by atoms with E-state index in [1.54, 1.807) is 6.07 Å². The van der Waals surface area contributed by atoms with Crippen LogP contribution in [0.4, 0.5) is 0 Å². The molecule has 1 aliphatic rings. The Labute approximate surface area is 121 Å². The summed E-state index contributed by atoms with van der Waals surface area (Å²) in [6.07, 6.45) is 0.873. The number of aromatic nitrogens is 2. The van der Waals surface area contributed by atoms with E-state index >= 15 is 0 Å². The first-order valence-electron chi connectivity index (χ1n) is 5.56. The van der Waals surface area contributed by atoms with Gasteiger partial charge >= 0.3 is 121 Å². The van der Waals surface area contributed by atoms with Crippen molar-refractivity contribution in [2.45, 2.75) is 25.9 Å². The zero-order valence-electron chi connectivity index (χ0n) is 9.83. The fraction of sp³-hybridized carbons (Fsp3) is 0.333. The molecule has 6 heteroatoms. The molecule has 1 aromatic heterocycles. The number of halogens is 2. The van der Waals surface area contributed by atoms with Gasteiger partial charge in [-0.3, -0.25) is 0 Å². The Morgan fingerprint density at radius 2 is 2.06 bits per heavy atom. The van der Waals surface area contributed by atoms with Gasteiger partial charge in [0.1, 0.15) is 0 Å². The van der Waals surface area contributed by atoms with E-state index in [0.29, 0.717) is 10.0 Å². The Balaban J connectivity index is 2.28. The second kappa shape index (κ2) is 4.24. The molecular formula is C12H10Cl2N2OSe. The monoisotopic (exact) mass is 348 g/mol. The van der Waals surface area contributed by atoms with Crippen LogP contribution in [0.25, 0.3) is 11.3 Å². The number of fused-ring (bicyclic) bond motifs is 3. The molecule has 0 radical (unpaired) electrons. The molecule has 0 aliphatic carbocycles. The van der Waals surface area contributed by atoms with Gasteiger partial charge in [0.15, 0.2) is 0 Å². The minimum absolute atomic E-state index is 0.0178. The molecule has 0 bridgehead atoms. The number of nitrogens with zero attached hydrogens (tertiary/aromatic N) is 2. The molecule has 0 saturated heterocycles. The van der Waals surface area contributed by atoms with Crippen LogP contribution in [-0.2, 0) is 5.60 Å². The fourth-order valence-electron chi connectivity index (χ4n) is 2.03. The van der Waals surface area contributed by atoms with Crippen LogP contribution in [-0.4, -0.2) is 23.9 Å². The van der Waals surface area contributed by atoms with Gasteiger partial charge in [0.2, 0.25) is 0 Å². The standard InChI is InChI=1S/C12H10Cl2N2OSe/c1-3-12(2)11-10(15-16-18-11)6-4-7(13)8(14)5-9(6)17-12/h4-5H,3H2,1-2H3. The van der Waals surface area contributed by atoms with Gasteiger partial charge in [-0.15, -0.1) is 0 Å². The third-order valence-corrected chi connectivity index (χ3v) is 6.02. The SMILES string of the molecule is CCC1(C)Oc2cc(Cl)c(Cl)cc2-c2nn[se]c21. The molecule has 94 valence electrons. The average Bonchev–Trinajstić information content (AvgIpc) is 2.82. The molecule has 1 atom stereocenters. The normalized spacial score (nSPS) is 21.1. The predicted molar refractivity (Wildman–Crippen MR) is 72.7 cm³/mol. The maximum atomic E-state index is 6.11. The van der Waals surface area contributed by atoms with Crippen molar-refractivity contribution < 1.29 is 4.74 Å². The van der Waals surface area contributed by atoms with Crippen molar-refractivity contribution >= 4 is 37.9 Å². The fourth-order valence-corrected chi connectivity index (χ4v) is 4.07. The van der Waals surface area contributed by atoms with E-state index in [4.69, 9.17) is 27.9 Å². The van der Waals surface area contributed by atoms with E-state index in [-0.39, 0.29) is 20.3 Å². The van der Waals surface area contributed by atoms with Crippen LogP contribution in [0.3, 0.4) is 0 Å². The van der Waals surface area contributed by atoms with Gasteiger partial charge in [-0.1, -0.05) is 0 Å². The summed E-state index contributed by atoms with van der Waals surface area (Å²) in [7, 11) is 0. The van der Waals surface area contributed by atoms with E-state index in [9.17, 15) is 0 Å². The summed E-state index contributed by atoms with van der Waals surface area (Å²) in [4.78, 5) is 0. The van der Waals surface area contributed by atoms with Crippen molar-refractivity contribution in [2.24, 2.45) is 0 Å². The molecule has 1 unspecified atom stereocenters. The number of hydrogen-bond donors (Lipinski definition) is 0. The second-order valence-corrected chi connectivity index (χ2v) is 6.80. The molecule has 0 amide bonds. The Morgan fingerprint density at radius 3 is 2.78 bits per heavy atom. The van der Waals surface area contributed by atoms with Gasteiger partial charge in [-0.25, -0.2) is 0 Å². The van der Waals surface area contributed by atoms with Gasteiger partial charge in [0.05, 0.1) is 0 Å². The number of benzene rings is 1. The van der Waals surface area contributed by atoms with Crippen molar-refractivity contribution in [3.05, 3.63) is 26.6 Å². The molecule has 1 aromatic carbocycles. The van der Waals surface area contributed by atoms with Gasteiger partial charge < -0.3 is 0 Å². The van der Waals surface area contributed by atoms with Crippen molar-refractivity contribution in [3.63, 3.8) is 0 Å². The van der Waals surface area contributed by atoms with E-state index in [1.165, 1.54) is 4.44 Å². The van der Waals surface area contributed by atoms with E-state index in [0.717, 1.165) is 23.4 Å². The molecule has 1 aliphatic heterocycles. The summed E-state index contributed by atoms with van der Waals surface area (Å²) in [5, 5.41) is 5.28. The molecule has 2 aromatic rings. The van der Waals surface area contributed by atoms with Crippen molar-refractivity contribution in [3.8, 4) is 17.0 Å². The Hall–Kier alpha value is -0.541. The molecule has 3 rings (SSSR count). The Bertz CT molecular complexity index is 629. The third kappa shape index (κ3) is 1.71. The molecule has 2 heterocycles. The molecule has 18 heavy (non-hydrogen) atoms. The van der Waals surface area contributed by atoms with Crippen LogP contribution in [0.1, 0.15) is 24.7 Å². The van der Waals surface area contributed by atoms with Crippen LogP contribution in [0.5, 0.6) is 5.75 Å². The van der Waals surface area contributed by atoms with Crippen LogP contribution in [0.15, 0.2) is 12.1 Å². The minimum atomic E-state index is -0.330. The van der Waals surface area contributed by atoms with E-state index < -0.39 is 0 Å².